The minimum atomic E-state index is -1.00. The fourth-order valence-corrected chi connectivity index (χ4v) is 7.21. The van der Waals surface area contributed by atoms with Crippen LogP contribution in [0, 0.1) is 5.82 Å². The minimum Gasteiger partial charge on any atom is -0.507 e. The zero-order chi connectivity index (χ0) is 31.3. The molecule has 1 aliphatic rings. The second-order valence-electron chi connectivity index (χ2n) is 10.6. The number of carbonyl (C=O) groups is 2. The number of hydrogen-bond acceptors (Lipinski definition) is 8. The molecule has 1 fully saturated rings. The van der Waals surface area contributed by atoms with Gasteiger partial charge in [0.15, 0.2) is 4.34 Å². The molecule has 2 heterocycles. The number of halogens is 1. The molecule has 1 N–H and O–H groups in total. The highest BCUT2D eigenvalue weighted by Crippen LogP contribution is 2.44. The van der Waals surface area contributed by atoms with Crippen LogP contribution in [0.3, 0.4) is 0 Å². The second-order valence-corrected chi connectivity index (χ2v) is 12.8. The lowest BCUT2D eigenvalue weighted by Gasteiger charge is -2.23. The average molecular weight is 640 g/mol. The van der Waals surface area contributed by atoms with Crippen LogP contribution >= 0.6 is 23.1 Å². The molecular formula is C35H30FN3O4S2. The first-order valence-corrected chi connectivity index (χ1v) is 16.5. The Bertz CT molecular complexity index is 1880. The number of benzene rings is 4. The zero-order valence-corrected chi connectivity index (χ0v) is 26.1. The summed E-state index contributed by atoms with van der Waals surface area (Å²) in [6, 6.07) is 25.6. The molecule has 1 unspecified atom stereocenters. The number of carbonyl (C=O) groups excluding carboxylic acids is 2. The molecule has 10 heteroatoms. The molecule has 228 valence electrons. The lowest BCUT2D eigenvalue weighted by atomic mass is 9.95. The number of hydrogen-bond donors (Lipinski definition) is 1. The summed E-state index contributed by atoms with van der Waals surface area (Å²) in [5.41, 5.74) is 1.81. The summed E-state index contributed by atoms with van der Waals surface area (Å²) in [4.78, 5) is 28.5. The highest BCUT2D eigenvalue weighted by molar-refractivity contribution is 8.00. The summed E-state index contributed by atoms with van der Waals surface area (Å²) in [6.45, 7) is 2.65. The standard InChI is InChI=1S/C35H30FN3O4S2/c1-2-3-6-19-43-27-13-8-11-24(20-27)30-29(31(40)23-15-17-26(36)18-16-23)32(41)33(42)39(30)34-37-38-35(45-34)44-21-25-12-7-10-22-9-4-5-14-28(22)25/h4-5,7-18,20,30,40H,2-3,6,19,21H2,1H3. The molecule has 1 amide bonds. The molecule has 1 aromatic heterocycles. The second kappa shape index (κ2) is 13.6. The quantitative estimate of drug-likeness (QED) is 0.0388. The molecule has 6 rings (SSSR count). The Morgan fingerprint density at radius 1 is 0.978 bits per heavy atom. The van der Waals surface area contributed by atoms with Crippen LogP contribution in [0.5, 0.6) is 5.75 Å². The van der Waals surface area contributed by atoms with E-state index in [0.717, 1.165) is 35.6 Å². The molecule has 4 aromatic carbocycles. The summed E-state index contributed by atoms with van der Waals surface area (Å²) >= 11 is 2.70. The number of aromatic nitrogens is 2. The number of ketones is 1. The van der Waals surface area contributed by atoms with Crippen molar-refractivity contribution in [2.75, 3.05) is 11.5 Å². The average Bonchev–Trinajstić information content (AvgIpc) is 3.63. The third-order valence-electron chi connectivity index (χ3n) is 7.59. The van der Waals surface area contributed by atoms with Gasteiger partial charge in [0.05, 0.1) is 18.2 Å². The van der Waals surface area contributed by atoms with Crippen LogP contribution in [0.1, 0.15) is 48.9 Å². The molecular weight excluding hydrogens is 610 g/mol. The third kappa shape index (κ3) is 6.48. The Morgan fingerprint density at radius 3 is 2.58 bits per heavy atom. The molecule has 0 aliphatic carbocycles. The fraction of sp³-hybridized carbons (Fsp3) is 0.200. The van der Waals surface area contributed by atoms with Crippen molar-refractivity contribution in [3.8, 4) is 5.75 Å². The van der Waals surface area contributed by atoms with Crippen LogP contribution in [0.2, 0.25) is 0 Å². The van der Waals surface area contributed by atoms with Gasteiger partial charge in [-0.3, -0.25) is 14.5 Å². The first-order chi connectivity index (χ1) is 21.9. The molecule has 0 spiro atoms. The smallest absolute Gasteiger partial charge is 0.301 e. The number of thioether (sulfide) groups is 1. The maximum absolute atomic E-state index is 13.7. The van der Waals surface area contributed by atoms with Gasteiger partial charge in [0.2, 0.25) is 5.13 Å². The third-order valence-corrected chi connectivity index (χ3v) is 9.69. The fourth-order valence-electron chi connectivity index (χ4n) is 5.34. The Labute approximate surface area is 268 Å². The number of aliphatic hydroxyl groups is 1. The van der Waals surface area contributed by atoms with Crippen molar-refractivity contribution in [3.05, 3.63) is 119 Å². The first kappa shape index (κ1) is 30.5. The SMILES string of the molecule is CCCCCOc1cccc(C2C(=C(O)c3ccc(F)cc3)C(=O)C(=O)N2c2nnc(SCc3cccc4ccccc34)s2)c1. The molecule has 0 bridgehead atoms. The van der Waals surface area contributed by atoms with Gasteiger partial charge in [-0.15, -0.1) is 10.2 Å². The molecule has 0 radical (unpaired) electrons. The van der Waals surface area contributed by atoms with E-state index >= 15 is 0 Å². The van der Waals surface area contributed by atoms with E-state index in [0.29, 0.717) is 28.0 Å². The van der Waals surface area contributed by atoms with Gasteiger partial charge in [0.25, 0.3) is 5.78 Å². The van der Waals surface area contributed by atoms with Gasteiger partial charge < -0.3 is 9.84 Å². The van der Waals surface area contributed by atoms with Crippen LogP contribution < -0.4 is 9.64 Å². The summed E-state index contributed by atoms with van der Waals surface area (Å²) in [7, 11) is 0. The Hall–Kier alpha value is -4.54. The molecule has 45 heavy (non-hydrogen) atoms. The van der Waals surface area contributed by atoms with Crippen molar-refractivity contribution < 1.29 is 23.8 Å². The van der Waals surface area contributed by atoms with Crippen molar-refractivity contribution in [1.82, 2.24) is 10.2 Å². The van der Waals surface area contributed by atoms with E-state index < -0.39 is 29.3 Å². The van der Waals surface area contributed by atoms with Gasteiger partial charge in [-0.25, -0.2) is 4.39 Å². The molecule has 0 saturated carbocycles. The summed E-state index contributed by atoms with van der Waals surface area (Å²) in [5.74, 6) is -1.36. The van der Waals surface area contributed by atoms with E-state index in [2.05, 4.69) is 41.4 Å². The number of anilines is 1. The monoisotopic (exact) mass is 639 g/mol. The van der Waals surface area contributed by atoms with E-state index in [4.69, 9.17) is 4.74 Å². The number of Topliss-reactive ketones (excluding diaryl/α,β-unsaturated/α-hetero) is 1. The topological polar surface area (TPSA) is 92.6 Å². The van der Waals surface area contributed by atoms with E-state index in [-0.39, 0.29) is 16.3 Å². The van der Waals surface area contributed by atoms with Gasteiger partial charge in [-0.2, -0.15) is 0 Å². The number of fused-ring (bicyclic) bond motifs is 1. The maximum atomic E-state index is 13.7. The predicted octanol–water partition coefficient (Wildman–Crippen LogP) is 8.32. The number of ether oxygens (including phenoxy) is 1. The van der Waals surface area contributed by atoms with Crippen molar-refractivity contribution in [3.63, 3.8) is 0 Å². The van der Waals surface area contributed by atoms with E-state index in [1.807, 2.05) is 24.3 Å². The maximum Gasteiger partial charge on any atom is 0.301 e. The minimum absolute atomic E-state index is 0.116. The lowest BCUT2D eigenvalue weighted by Crippen LogP contribution is -2.29. The predicted molar refractivity (Wildman–Crippen MR) is 176 cm³/mol. The van der Waals surface area contributed by atoms with Gasteiger partial charge in [-0.05, 0) is 64.7 Å². The lowest BCUT2D eigenvalue weighted by molar-refractivity contribution is -0.132. The first-order valence-electron chi connectivity index (χ1n) is 14.7. The summed E-state index contributed by atoms with van der Waals surface area (Å²) < 4.78 is 20.3. The Kier molecular flexibility index (Phi) is 9.23. The number of amides is 1. The van der Waals surface area contributed by atoms with E-state index in [1.54, 1.807) is 18.2 Å². The molecule has 1 atom stereocenters. The molecule has 5 aromatic rings. The van der Waals surface area contributed by atoms with Gasteiger partial charge in [0.1, 0.15) is 17.3 Å². The van der Waals surface area contributed by atoms with Crippen LogP contribution in [-0.4, -0.2) is 33.6 Å². The Morgan fingerprint density at radius 2 is 1.76 bits per heavy atom. The molecule has 1 saturated heterocycles. The molecule has 7 nitrogen and oxygen atoms in total. The van der Waals surface area contributed by atoms with Crippen LogP contribution in [0.25, 0.3) is 16.5 Å². The van der Waals surface area contributed by atoms with Gasteiger partial charge in [-0.1, -0.05) is 97.5 Å². The van der Waals surface area contributed by atoms with E-state index in [1.165, 1.54) is 52.3 Å². The zero-order valence-electron chi connectivity index (χ0n) is 24.5. The summed E-state index contributed by atoms with van der Waals surface area (Å²) in [6.07, 6.45) is 2.99. The van der Waals surface area contributed by atoms with Crippen LogP contribution in [0.15, 0.2) is 101 Å². The largest absolute Gasteiger partial charge is 0.507 e. The van der Waals surface area contributed by atoms with Gasteiger partial charge >= 0.3 is 5.91 Å². The van der Waals surface area contributed by atoms with Crippen LogP contribution in [0.4, 0.5) is 9.52 Å². The molecule has 1 aliphatic heterocycles. The highest BCUT2D eigenvalue weighted by atomic mass is 32.2. The van der Waals surface area contributed by atoms with Crippen molar-refractivity contribution in [1.29, 1.82) is 0 Å². The summed E-state index contributed by atoms with van der Waals surface area (Å²) in [5, 5.41) is 22.5. The van der Waals surface area contributed by atoms with Crippen molar-refractivity contribution in [2.45, 2.75) is 42.3 Å². The van der Waals surface area contributed by atoms with Crippen molar-refractivity contribution in [2.24, 2.45) is 0 Å². The number of unbranched alkanes of at least 4 members (excludes halogenated alkanes) is 2. The highest BCUT2D eigenvalue weighted by Gasteiger charge is 2.48. The van der Waals surface area contributed by atoms with Crippen LogP contribution in [-0.2, 0) is 15.3 Å². The van der Waals surface area contributed by atoms with Gasteiger partial charge in [0, 0.05) is 11.3 Å². The van der Waals surface area contributed by atoms with E-state index in [9.17, 15) is 19.1 Å². The van der Waals surface area contributed by atoms with Crippen molar-refractivity contribution >= 4 is 56.5 Å². The number of rotatable bonds is 11. The Balaban J connectivity index is 1.35. The normalized spacial score (nSPS) is 16.0. The number of nitrogens with zero attached hydrogens (tertiary/aromatic N) is 3. The number of aliphatic hydroxyl groups excluding tert-OH is 1.